The molecule has 0 N–H and O–H groups in total. The van der Waals surface area contributed by atoms with Gasteiger partial charge in [-0.05, 0) is 28.5 Å². The predicted octanol–water partition coefficient (Wildman–Crippen LogP) is 6.16. The zero-order valence-electron chi connectivity index (χ0n) is 18.8. The van der Waals surface area contributed by atoms with Gasteiger partial charge in [-0.3, -0.25) is 0 Å². The second-order valence-corrected chi connectivity index (χ2v) is 16.4. The first-order valence-electron chi connectivity index (χ1n) is 9.51. The maximum absolute atomic E-state index is 13.2. The Morgan fingerprint density at radius 1 is 0.923 bits per heavy atom. The van der Waals surface area contributed by atoms with Gasteiger partial charge in [-0.25, -0.2) is 9.59 Å². The Labute approximate surface area is 161 Å². The van der Waals surface area contributed by atoms with Crippen LogP contribution in [-0.4, -0.2) is 26.4 Å². The monoisotopic (exact) mass is 384 g/mol. The van der Waals surface area contributed by atoms with Crippen molar-refractivity contribution in [3.63, 3.8) is 0 Å². The molecule has 1 unspecified atom stereocenters. The highest BCUT2D eigenvalue weighted by Crippen LogP contribution is 2.62. The molecule has 5 heteroatoms. The van der Waals surface area contributed by atoms with Crippen molar-refractivity contribution in [1.29, 1.82) is 0 Å². The Morgan fingerprint density at radius 3 is 1.58 bits per heavy atom. The van der Waals surface area contributed by atoms with Gasteiger partial charge in [0.05, 0.1) is 0 Å². The van der Waals surface area contributed by atoms with E-state index in [2.05, 4.69) is 68.9 Å². The van der Waals surface area contributed by atoms with E-state index in [0.29, 0.717) is 6.42 Å². The van der Waals surface area contributed by atoms with Crippen LogP contribution in [0.25, 0.3) is 0 Å². The Hall–Kier alpha value is -1.10. The molecule has 0 aromatic rings. The fraction of sp³-hybridized carbons (Fsp3) is 0.810. The molecule has 152 valence electrons. The van der Waals surface area contributed by atoms with Crippen molar-refractivity contribution in [2.75, 3.05) is 0 Å². The molecular formula is C21H40O4Si. The Balaban J connectivity index is 6.07. The summed E-state index contributed by atoms with van der Waals surface area (Å²) in [6, 6.07) is 0. The van der Waals surface area contributed by atoms with Crippen molar-refractivity contribution in [2.45, 2.75) is 110 Å². The van der Waals surface area contributed by atoms with Crippen LogP contribution in [0.2, 0.25) is 15.1 Å². The molecule has 0 spiro atoms. The average molecular weight is 385 g/mol. The van der Waals surface area contributed by atoms with E-state index in [1.807, 2.05) is 6.92 Å². The number of esters is 1. The summed E-state index contributed by atoms with van der Waals surface area (Å²) in [6.45, 7) is 26.5. The molecule has 0 aromatic heterocycles. The molecule has 0 aliphatic rings. The van der Waals surface area contributed by atoms with E-state index in [4.69, 9.17) is 9.16 Å². The van der Waals surface area contributed by atoms with Crippen molar-refractivity contribution >= 4 is 20.3 Å². The molecule has 0 aromatic carbocycles. The first-order valence-corrected chi connectivity index (χ1v) is 11.4. The van der Waals surface area contributed by atoms with E-state index in [1.165, 1.54) is 0 Å². The lowest BCUT2D eigenvalue weighted by Crippen LogP contribution is -2.62. The molecule has 0 aliphatic carbocycles. The van der Waals surface area contributed by atoms with Crippen LogP contribution in [0.4, 0.5) is 0 Å². The van der Waals surface area contributed by atoms with Gasteiger partial charge in [-0.1, -0.05) is 82.2 Å². The topological polar surface area (TPSA) is 52.6 Å². The Morgan fingerprint density at radius 2 is 1.31 bits per heavy atom. The molecule has 0 bridgehead atoms. The van der Waals surface area contributed by atoms with Crippen molar-refractivity contribution < 1.29 is 18.8 Å². The van der Waals surface area contributed by atoms with Gasteiger partial charge in [0, 0.05) is 5.57 Å². The quantitative estimate of drug-likeness (QED) is 0.312. The number of carbonyl (C=O) groups is 2. The smallest absolute Gasteiger partial charge is 0.334 e. The van der Waals surface area contributed by atoms with Crippen molar-refractivity contribution in [2.24, 2.45) is 0 Å². The summed E-state index contributed by atoms with van der Waals surface area (Å²) in [5.74, 6) is -0.970. The molecule has 0 heterocycles. The van der Waals surface area contributed by atoms with Crippen LogP contribution in [0.1, 0.15) is 89.0 Å². The average Bonchev–Trinajstić information content (AvgIpc) is 2.39. The van der Waals surface area contributed by atoms with Gasteiger partial charge in [-0.15, -0.1) is 0 Å². The van der Waals surface area contributed by atoms with Gasteiger partial charge in [0.1, 0.15) is 0 Å². The van der Waals surface area contributed by atoms with Gasteiger partial charge < -0.3 is 9.16 Å². The fourth-order valence-electron chi connectivity index (χ4n) is 4.77. The number of carbonyl (C=O) groups excluding carboxylic acids is 2. The minimum atomic E-state index is -2.70. The molecule has 0 fully saturated rings. The Kier molecular flexibility index (Phi) is 7.93. The summed E-state index contributed by atoms with van der Waals surface area (Å²) in [6.07, 6.45) is 0.280. The molecule has 4 nitrogen and oxygen atoms in total. The van der Waals surface area contributed by atoms with E-state index < -0.39 is 26.4 Å². The third kappa shape index (κ3) is 5.21. The summed E-state index contributed by atoms with van der Waals surface area (Å²) < 4.78 is 11.8. The largest absolute Gasteiger partial charge is 0.515 e. The second kappa shape index (κ2) is 8.28. The van der Waals surface area contributed by atoms with Crippen molar-refractivity contribution in [3.05, 3.63) is 12.2 Å². The fourth-order valence-corrected chi connectivity index (χ4v) is 12.9. The molecule has 0 aliphatic heterocycles. The van der Waals surface area contributed by atoms with E-state index in [9.17, 15) is 9.59 Å². The summed E-state index contributed by atoms with van der Waals surface area (Å²) in [5.41, 5.74) is 0.282. The van der Waals surface area contributed by atoms with Crippen LogP contribution >= 0.6 is 0 Å². The molecule has 0 amide bonds. The molecule has 0 rings (SSSR count). The third-order valence-electron chi connectivity index (χ3n) is 4.83. The molecule has 0 radical (unpaired) electrons. The third-order valence-corrected chi connectivity index (χ3v) is 11.7. The van der Waals surface area contributed by atoms with Gasteiger partial charge in [0.15, 0.2) is 6.10 Å². The standard InChI is InChI=1S/C21H40O4Si/c1-13-14-16(24-17(22)15(2)3)18(23)25-26(19(4,5)6,20(7,8)9)21(10,11)12/h16H,2,13-14H2,1,3-12H3. The summed E-state index contributed by atoms with van der Waals surface area (Å²) in [7, 11) is -2.70. The SMILES string of the molecule is C=C(C)C(=O)OC(CCC)C(=O)O[Si](C(C)(C)C)(C(C)(C)C)C(C)(C)C. The van der Waals surface area contributed by atoms with Gasteiger partial charge in [-0.2, -0.15) is 0 Å². The summed E-state index contributed by atoms with van der Waals surface area (Å²) in [5, 5.41) is -0.559. The lowest BCUT2D eigenvalue weighted by molar-refractivity contribution is -0.161. The van der Waals surface area contributed by atoms with E-state index in [1.54, 1.807) is 6.92 Å². The number of ether oxygens (including phenoxy) is 1. The van der Waals surface area contributed by atoms with Crippen LogP contribution in [0.5, 0.6) is 0 Å². The van der Waals surface area contributed by atoms with Crippen LogP contribution in [0, 0.1) is 0 Å². The van der Waals surface area contributed by atoms with Crippen LogP contribution in [0.15, 0.2) is 12.2 Å². The van der Waals surface area contributed by atoms with E-state index in [-0.39, 0.29) is 20.7 Å². The maximum atomic E-state index is 13.2. The van der Waals surface area contributed by atoms with Gasteiger partial charge in [0.25, 0.3) is 8.32 Å². The summed E-state index contributed by atoms with van der Waals surface area (Å²) >= 11 is 0. The minimum absolute atomic E-state index is 0.186. The highest BCUT2D eigenvalue weighted by molar-refractivity contribution is 6.83. The number of rotatable bonds is 6. The second-order valence-electron chi connectivity index (χ2n) is 10.3. The van der Waals surface area contributed by atoms with Gasteiger partial charge >= 0.3 is 11.9 Å². The first-order chi connectivity index (χ1) is 11.4. The highest BCUT2D eigenvalue weighted by Gasteiger charge is 2.64. The molecule has 0 saturated carbocycles. The van der Waals surface area contributed by atoms with Crippen LogP contribution < -0.4 is 0 Å². The molecular weight excluding hydrogens is 344 g/mol. The molecule has 26 heavy (non-hydrogen) atoms. The number of hydrogen-bond donors (Lipinski definition) is 0. The van der Waals surface area contributed by atoms with Crippen LogP contribution in [-0.2, 0) is 18.8 Å². The van der Waals surface area contributed by atoms with Crippen molar-refractivity contribution in [1.82, 2.24) is 0 Å². The zero-order valence-corrected chi connectivity index (χ0v) is 19.8. The minimum Gasteiger partial charge on any atom is -0.515 e. The van der Waals surface area contributed by atoms with E-state index in [0.717, 1.165) is 6.42 Å². The maximum Gasteiger partial charge on any atom is 0.334 e. The Bertz CT molecular complexity index is 494. The molecule has 0 saturated heterocycles. The first kappa shape index (κ1) is 24.9. The lowest BCUT2D eigenvalue weighted by Gasteiger charge is -2.56. The van der Waals surface area contributed by atoms with Crippen molar-refractivity contribution in [3.8, 4) is 0 Å². The van der Waals surface area contributed by atoms with Gasteiger partial charge in [0.2, 0.25) is 0 Å². The van der Waals surface area contributed by atoms with E-state index >= 15 is 0 Å². The number of hydrogen-bond acceptors (Lipinski definition) is 4. The van der Waals surface area contributed by atoms with Crippen LogP contribution in [0.3, 0.4) is 0 Å². The zero-order chi connectivity index (χ0) is 21.1. The predicted molar refractivity (Wildman–Crippen MR) is 111 cm³/mol. The normalized spacial score (nSPS) is 14.6. The highest BCUT2D eigenvalue weighted by atomic mass is 28.4. The lowest BCUT2D eigenvalue weighted by atomic mass is 10.2. The summed E-state index contributed by atoms with van der Waals surface area (Å²) in [4.78, 5) is 25.1. The molecule has 1 atom stereocenters.